The molecular weight excluding hydrogens is 224 g/mol. The summed E-state index contributed by atoms with van der Waals surface area (Å²) in [7, 11) is 0. The molecule has 4 heteroatoms. The Morgan fingerprint density at radius 3 is 3.09 bits per heavy atom. The largest absolute Gasteiger partial charge is 0.330 e. The van der Waals surface area contributed by atoms with Crippen LogP contribution in [-0.4, -0.2) is 17.3 Å². The van der Waals surface area contributed by atoms with E-state index in [0.29, 0.717) is 6.54 Å². The first kappa shape index (κ1) is 9.03. The van der Waals surface area contributed by atoms with Gasteiger partial charge >= 0.3 is 0 Å². The van der Waals surface area contributed by atoms with Crippen molar-refractivity contribution in [2.75, 3.05) is 12.3 Å². The molecule has 0 aliphatic carbocycles. The summed E-state index contributed by atoms with van der Waals surface area (Å²) in [5, 5.41) is 1.01. The number of nitrogens with two attached hydrogens (primary N) is 1. The normalized spacial score (nSPS) is 10.0. The van der Waals surface area contributed by atoms with Gasteiger partial charge in [0.15, 0.2) is 0 Å². The molecule has 2 nitrogen and oxygen atoms in total. The fraction of sp³-hybridized carbons (Fsp3) is 0.286. The second kappa shape index (κ2) is 4.74. The summed E-state index contributed by atoms with van der Waals surface area (Å²) in [6.45, 7) is 0.688. The maximum absolute atomic E-state index is 5.36. The van der Waals surface area contributed by atoms with Crippen molar-refractivity contribution in [3.63, 3.8) is 0 Å². The van der Waals surface area contributed by atoms with E-state index in [0.717, 1.165) is 15.3 Å². The Morgan fingerprint density at radius 2 is 2.45 bits per heavy atom. The average Bonchev–Trinajstić information content (AvgIpc) is 2.03. The van der Waals surface area contributed by atoms with E-state index in [-0.39, 0.29) is 0 Å². The van der Waals surface area contributed by atoms with E-state index in [2.05, 4.69) is 20.9 Å². The fourth-order valence-corrected chi connectivity index (χ4v) is 1.88. The predicted molar refractivity (Wildman–Crippen MR) is 51.7 cm³/mol. The second-order valence-electron chi connectivity index (χ2n) is 1.93. The molecule has 0 unspecified atom stereocenters. The maximum Gasteiger partial charge on any atom is 0.110 e. The van der Waals surface area contributed by atoms with Crippen molar-refractivity contribution < 1.29 is 0 Å². The highest BCUT2D eigenvalue weighted by atomic mass is 79.9. The smallest absolute Gasteiger partial charge is 0.110 e. The fourth-order valence-electron chi connectivity index (χ4n) is 0.633. The van der Waals surface area contributed by atoms with Gasteiger partial charge in [0.05, 0.1) is 0 Å². The molecule has 0 bridgehead atoms. The molecule has 1 rings (SSSR count). The van der Waals surface area contributed by atoms with Crippen LogP contribution in [-0.2, 0) is 0 Å². The van der Waals surface area contributed by atoms with E-state index in [9.17, 15) is 0 Å². The first-order chi connectivity index (χ1) is 5.34. The standard InChI is InChI=1S/C7H9BrN2S/c8-6-2-1-4-10-7(6)11-5-3-9/h1-2,4H,3,5,9H2. The molecule has 0 aliphatic rings. The molecule has 0 saturated carbocycles. The summed E-state index contributed by atoms with van der Waals surface area (Å²) < 4.78 is 1.04. The first-order valence-electron chi connectivity index (χ1n) is 3.28. The van der Waals surface area contributed by atoms with Crippen LogP contribution in [0.1, 0.15) is 0 Å². The van der Waals surface area contributed by atoms with E-state index in [1.807, 2.05) is 12.1 Å². The summed E-state index contributed by atoms with van der Waals surface area (Å²) >= 11 is 5.07. The summed E-state index contributed by atoms with van der Waals surface area (Å²) in [6.07, 6.45) is 1.78. The Balaban J connectivity index is 2.62. The number of hydrogen-bond donors (Lipinski definition) is 1. The SMILES string of the molecule is NCCSc1ncccc1Br. The molecule has 0 saturated heterocycles. The molecule has 0 atom stereocenters. The molecule has 0 spiro atoms. The molecule has 0 aliphatic heterocycles. The highest BCUT2D eigenvalue weighted by molar-refractivity contribution is 9.10. The van der Waals surface area contributed by atoms with Crippen molar-refractivity contribution in [3.8, 4) is 0 Å². The van der Waals surface area contributed by atoms with E-state index in [1.54, 1.807) is 18.0 Å². The lowest BCUT2D eigenvalue weighted by Gasteiger charge is -1.99. The minimum absolute atomic E-state index is 0.688. The van der Waals surface area contributed by atoms with Gasteiger partial charge in [-0.2, -0.15) is 0 Å². The number of thioether (sulfide) groups is 1. The second-order valence-corrected chi connectivity index (χ2v) is 3.87. The highest BCUT2D eigenvalue weighted by Crippen LogP contribution is 2.23. The van der Waals surface area contributed by atoms with Crippen LogP contribution < -0.4 is 5.73 Å². The van der Waals surface area contributed by atoms with Gasteiger partial charge in [-0.25, -0.2) is 4.98 Å². The highest BCUT2D eigenvalue weighted by Gasteiger charge is 1.98. The molecule has 60 valence electrons. The molecule has 1 heterocycles. The zero-order chi connectivity index (χ0) is 8.10. The van der Waals surface area contributed by atoms with Gasteiger partial charge in [-0.1, -0.05) is 0 Å². The van der Waals surface area contributed by atoms with E-state index >= 15 is 0 Å². The minimum atomic E-state index is 0.688. The average molecular weight is 233 g/mol. The molecule has 0 fully saturated rings. The Bertz CT molecular complexity index is 229. The van der Waals surface area contributed by atoms with Crippen molar-refractivity contribution in [2.45, 2.75) is 5.03 Å². The van der Waals surface area contributed by atoms with Gasteiger partial charge < -0.3 is 5.73 Å². The summed E-state index contributed by atoms with van der Waals surface area (Å²) in [4.78, 5) is 4.18. The Hall–Kier alpha value is -0.0600. The van der Waals surface area contributed by atoms with Crippen LogP contribution in [0.15, 0.2) is 27.8 Å². The number of halogens is 1. The summed E-state index contributed by atoms with van der Waals surface area (Å²) in [5.41, 5.74) is 5.36. The van der Waals surface area contributed by atoms with Crippen LogP contribution in [0.3, 0.4) is 0 Å². The zero-order valence-corrected chi connectivity index (χ0v) is 8.36. The minimum Gasteiger partial charge on any atom is -0.330 e. The van der Waals surface area contributed by atoms with Crippen molar-refractivity contribution in [3.05, 3.63) is 22.8 Å². The first-order valence-corrected chi connectivity index (χ1v) is 5.06. The van der Waals surface area contributed by atoms with Gasteiger partial charge in [0.25, 0.3) is 0 Å². The number of pyridine rings is 1. The third-order valence-corrected chi connectivity index (χ3v) is 3.02. The van der Waals surface area contributed by atoms with Crippen LogP contribution in [0.2, 0.25) is 0 Å². The van der Waals surface area contributed by atoms with Gasteiger partial charge in [-0.15, -0.1) is 11.8 Å². The van der Waals surface area contributed by atoms with Crippen LogP contribution in [0.4, 0.5) is 0 Å². The molecule has 1 aromatic heterocycles. The van der Waals surface area contributed by atoms with E-state index in [1.165, 1.54) is 0 Å². The number of nitrogens with zero attached hydrogens (tertiary/aromatic N) is 1. The third-order valence-electron chi connectivity index (χ3n) is 1.08. The lowest BCUT2D eigenvalue weighted by molar-refractivity contribution is 1.09. The van der Waals surface area contributed by atoms with Gasteiger partial charge in [-0.3, -0.25) is 0 Å². The maximum atomic E-state index is 5.36. The van der Waals surface area contributed by atoms with Crippen LogP contribution >= 0.6 is 27.7 Å². The lowest BCUT2D eigenvalue weighted by atomic mass is 10.5. The third kappa shape index (κ3) is 2.81. The molecule has 0 radical (unpaired) electrons. The predicted octanol–water partition coefficient (Wildman–Crippen LogP) is 1.89. The Kier molecular flexibility index (Phi) is 3.90. The van der Waals surface area contributed by atoms with Gasteiger partial charge in [0.2, 0.25) is 0 Å². The van der Waals surface area contributed by atoms with Crippen LogP contribution in [0.5, 0.6) is 0 Å². The quantitative estimate of drug-likeness (QED) is 0.810. The monoisotopic (exact) mass is 232 g/mol. The van der Waals surface area contributed by atoms with Gasteiger partial charge in [-0.05, 0) is 28.1 Å². The number of aromatic nitrogens is 1. The lowest BCUT2D eigenvalue weighted by Crippen LogP contribution is -2.01. The van der Waals surface area contributed by atoms with Crippen molar-refractivity contribution in [2.24, 2.45) is 5.73 Å². The zero-order valence-electron chi connectivity index (χ0n) is 5.96. The molecule has 0 amide bonds. The number of rotatable bonds is 3. The van der Waals surface area contributed by atoms with Crippen molar-refractivity contribution in [1.82, 2.24) is 4.98 Å². The molecule has 1 aromatic rings. The van der Waals surface area contributed by atoms with E-state index in [4.69, 9.17) is 5.73 Å². The van der Waals surface area contributed by atoms with Crippen LogP contribution in [0.25, 0.3) is 0 Å². The Morgan fingerprint density at radius 1 is 1.64 bits per heavy atom. The number of hydrogen-bond acceptors (Lipinski definition) is 3. The van der Waals surface area contributed by atoms with Crippen molar-refractivity contribution in [1.29, 1.82) is 0 Å². The van der Waals surface area contributed by atoms with Gasteiger partial charge in [0.1, 0.15) is 5.03 Å². The molecule has 2 N–H and O–H groups in total. The topological polar surface area (TPSA) is 38.9 Å². The Labute approximate surface area is 78.7 Å². The summed E-state index contributed by atoms with van der Waals surface area (Å²) in [6, 6.07) is 3.88. The molecule has 0 aromatic carbocycles. The molecule has 11 heavy (non-hydrogen) atoms. The van der Waals surface area contributed by atoms with E-state index < -0.39 is 0 Å². The van der Waals surface area contributed by atoms with Crippen molar-refractivity contribution >= 4 is 27.7 Å². The van der Waals surface area contributed by atoms with Gasteiger partial charge in [0, 0.05) is 23.0 Å². The molecular formula is C7H9BrN2S. The van der Waals surface area contributed by atoms with Crippen LogP contribution in [0, 0.1) is 0 Å². The summed E-state index contributed by atoms with van der Waals surface area (Å²) in [5.74, 6) is 0.912.